The third kappa shape index (κ3) is 4.35. The summed E-state index contributed by atoms with van der Waals surface area (Å²) in [6.45, 7) is 2.96. The van der Waals surface area contributed by atoms with Crippen LogP contribution in [0, 0.1) is 0 Å². The van der Waals surface area contributed by atoms with Gasteiger partial charge in [0, 0.05) is 29.8 Å². The van der Waals surface area contributed by atoms with Gasteiger partial charge in [0.05, 0.1) is 4.47 Å². The van der Waals surface area contributed by atoms with Crippen molar-refractivity contribution in [3.8, 4) is 5.75 Å². The number of aromatic nitrogens is 1. The summed E-state index contributed by atoms with van der Waals surface area (Å²) in [5.41, 5.74) is 1.16. The molecule has 0 fully saturated rings. The first-order valence-electron chi connectivity index (χ1n) is 7.98. The molecule has 4 nitrogen and oxygen atoms in total. The van der Waals surface area contributed by atoms with E-state index >= 15 is 0 Å². The molecule has 1 amide bonds. The summed E-state index contributed by atoms with van der Waals surface area (Å²) in [6.07, 6.45) is 1.43. The van der Waals surface area contributed by atoms with Gasteiger partial charge >= 0.3 is 0 Å². The number of halogens is 2. The van der Waals surface area contributed by atoms with Gasteiger partial charge in [-0.1, -0.05) is 29.8 Å². The number of fused-ring (bicyclic) bond motifs is 1. The number of benzene rings is 2. The molecule has 1 N–H and O–H groups in total. The van der Waals surface area contributed by atoms with E-state index in [9.17, 15) is 4.79 Å². The largest absolute Gasteiger partial charge is 0.480 e. The van der Waals surface area contributed by atoms with Crippen LogP contribution >= 0.6 is 27.5 Å². The minimum absolute atomic E-state index is 0.154. The maximum atomic E-state index is 12.2. The fraction of sp³-hybridized carbons (Fsp3) is 0.211. The number of rotatable bonds is 6. The van der Waals surface area contributed by atoms with Crippen molar-refractivity contribution >= 4 is 44.3 Å². The maximum Gasteiger partial charge on any atom is 0.260 e. The number of carbonyl (C=O) groups is 1. The monoisotopic (exact) mass is 420 g/mol. The third-order valence-electron chi connectivity index (χ3n) is 3.90. The van der Waals surface area contributed by atoms with Gasteiger partial charge in [-0.15, -0.1) is 0 Å². The summed E-state index contributed by atoms with van der Waals surface area (Å²) in [4.78, 5) is 12.2. The zero-order valence-corrected chi connectivity index (χ0v) is 16.0. The summed E-state index contributed by atoms with van der Waals surface area (Å²) in [5.74, 6) is 0.432. The van der Waals surface area contributed by atoms with E-state index in [0.717, 1.165) is 9.99 Å². The number of nitrogens with zero attached hydrogens (tertiary/aromatic N) is 1. The van der Waals surface area contributed by atoms with Crippen LogP contribution in [0.1, 0.15) is 6.92 Å². The molecule has 0 bridgehead atoms. The average Bonchev–Trinajstić information content (AvgIpc) is 3.00. The van der Waals surface area contributed by atoms with E-state index in [0.29, 0.717) is 23.9 Å². The van der Waals surface area contributed by atoms with E-state index in [1.165, 1.54) is 5.39 Å². The predicted molar refractivity (Wildman–Crippen MR) is 104 cm³/mol. The van der Waals surface area contributed by atoms with Gasteiger partial charge in [0.15, 0.2) is 6.10 Å². The van der Waals surface area contributed by atoms with Gasteiger partial charge in [-0.3, -0.25) is 4.79 Å². The Kier molecular flexibility index (Phi) is 5.66. The molecule has 0 aliphatic carbocycles. The highest BCUT2D eigenvalue weighted by atomic mass is 79.9. The molecule has 25 heavy (non-hydrogen) atoms. The number of hydrogen-bond acceptors (Lipinski definition) is 2. The highest BCUT2D eigenvalue weighted by Crippen LogP contribution is 2.28. The van der Waals surface area contributed by atoms with Crippen molar-refractivity contribution in [3.63, 3.8) is 0 Å². The minimum atomic E-state index is -0.598. The van der Waals surface area contributed by atoms with Crippen LogP contribution in [-0.4, -0.2) is 23.1 Å². The molecule has 1 heterocycles. The third-order valence-corrected chi connectivity index (χ3v) is 4.75. The molecule has 130 valence electrons. The van der Waals surface area contributed by atoms with Crippen LogP contribution < -0.4 is 10.1 Å². The predicted octanol–water partition coefficient (Wildman–Crippen LogP) is 4.64. The lowest BCUT2D eigenvalue weighted by Crippen LogP contribution is -2.37. The number of nitrogens with one attached hydrogen (secondary N) is 1. The molecule has 1 aromatic heterocycles. The quantitative estimate of drug-likeness (QED) is 0.630. The fourth-order valence-corrected chi connectivity index (χ4v) is 3.37. The molecule has 1 atom stereocenters. The lowest BCUT2D eigenvalue weighted by Gasteiger charge is -2.16. The second kappa shape index (κ2) is 7.93. The van der Waals surface area contributed by atoms with Crippen LogP contribution in [-0.2, 0) is 11.3 Å². The molecule has 2 aromatic carbocycles. The van der Waals surface area contributed by atoms with Gasteiger partial charge in [-0.05, 0) is 58.6 Å². The van der Waals surface area contributed by atoms with Crippen molar-refractivity contribution in [2.45, 2.75) is 19.6 Å². The van der Waals surface area contributed by atoms with E-state index < -0.39 is 6.10 Å². The van der Waals surface area contributed by atoms with Gasteiger partial charge in [0.25, 0.3) is 5.91 Å². The number of hydrogen-bond donors (Lipinski definition) is 1. The first-order valence-corrected chi connectivity index (χ1v) is 9.15. The fourth-order valence-electron chi connectivity index (χ4n) is 2.59. The summed E-state index contributed by atoms with van der Waals surface area (Å²) < 4.78 is 8.54. The van der Waals surface area contributed by atoms with Gasteiger partial charge < -0.3 is 14.6 Å². The summed E-state index contributed by atoms with van der Waals surface area (Å²) >= 11 is 9.29. The Bertz CT molecular complexity index is 894. The molecule has 3 rings (SSSR count). The molecule has 0 spiro atoms. The topological polar surface area (TPSA) is 43.3 Å². The van der Waals surface area contributed by atoms with Crippen molar-refractivity contribution in [1.29, 1.82) is 0 Å². The maximum absolute atomic E-state index is 12.2. The van der Waals surface area contributed by atoms with E-state index in [1.807, 2.05) is 18.3 Å². The van der Waals surface area contributed by atoms with E-state index in [-0.39, 0.29) is 5.91 Å². The number of amides is 1. The Morgan fingerprint density at radius 2 is 2.08 bits per heavy atom. The molecule has 0 radical (unpaired) electrons. The van der Waals surface area contributed by atoms with Crippen LogP contribution in [0.15, 0.2) is 59.2 Å². The van der Waals surface area contributed by atoms with Crippen molar-refractivity contribution < 1.29 is 9.53 Å². The number of para-hydroxylation sites is 1. The highest BCUT2D eigenvalue weighted by Gasteiger charge is 2.15. The molecule has 6 heteroatoms. The lowest BCUT2D eigenvalue weighted by molar-refractivity contribution is -0.127. The first kappa shape index (κ1) is 17.8. The Balaban J connectivity index is 1.53. The van der Waals surface area contributed by atoms with E-state index in [4.69, 9.17) is 16.3 Å². The van der Waals surface area contributed by atoms with Gasteiger partial charge in [-0.25, -0.2) is 0 Å². The van der Waals surface area contributed by atoms with Crippen molar-refractivity contribution in [2.75, 3.05) is 6.54 Å². The molecule has 0 saturated carbocycles. The van der Waals surface area contributed by atoms with Crippen LogP contribution in [0.25, 0.3) is 10.9 Å². The van der Waals surface area contributed by atoms with Crippen LogP contribution in [0.4, 0.5) is 0 Å². The Morgan fingerprint density at radius 3 is 2.88 bits per heavy atom. The summed E-state index contributed by atoms with van der Waals surface area (Å²) in [7, 11) is 0. The normalized spacial score (nSPS) is 12.1. The van der Waals surface area contributed by atoms with Crippen molar-refractivity contribution in [3.05, 3.63) is 64.2 Å². The summed E-state index contributed by atoms with van der Waals surface area (Å²) in [6, 6.07) is 15.4. The van der Waals surface area contributed by atoms with Gasteiger partial charge in [-0.2, -0.15) is 0 Å². The van der Waals surface area contributed by atoms with Crippen molar-refractivity contribution in [2.24, 2.45) is 0 Å². The molecule has 0 aliphatic rings. The van der Waals surface area contributed by atoms with Crippen LogP contribution in [0.5, 0.6) is 5.75 Å². The Labute approximate surface area is 159 Å². The van der Waals surface area contributed by atoms with Crippen molar-refractivity contribution in [1.82, 2.24) is 9.88 Å². The Morgan fingerprint density at radius 1 is 1.28 bits per heavy atom. The smallest absolute Gasteiger partial charge is 0.260 e. The molecule has 0 saturated heterocycles. The zero-order valence-electron chi connectivity index (χ0n) is 13.7. The first-order chi connectivity index (χ1) is 12.0. The van der Waals surface area contributed by atoms with Crippen LogP contribution in [0.3, 0.4) is 0 Å². The Hall–Kier alpha value is -1.98. The number of carbonyl (C=O) groups excluding carboxylic acids is 1. The summed E-state index contributed by atoms with van der Waals surface area (Å²) in [5, 5.41) is 4.71. The SMILES string of the molecule is CC(Oc1ccc(Cl)cc1Br)C(=O)NCCn1ccc2ccccc21. The standard InChI is InChI=1S/C19H18BrClN2O2/c1-13(25-18-7-6-15(21)12-16(18)20)19(24)22-9-11-23-10-8-14-4-2-3-5-17(14)23/h2-8,10,12-13H,9,11H2,1H3,(H,22,24). The molecule has 1 unspecified atom stereocenters. The van der Waals surface area contributed by atoms with E-state index in [2.05, 4.69) is 44.0 Å². The van der Waals surface area contributed by atoms with Gasteiger partial charge in [0.1, 0.15) is 5.75 Å². The molecule has 3 aromatic rings. The highest BCUT2D eigenvalue weighted by molar-refractivity contribution is 9.10. The lowest BCUT2D eigenvalue weighted by atomic mass is 10.2. The molecular weight excluding hydrogens is 404 g/mol. The second-order valence-corrected chi connectivity index (χ2v) is 6.98. The van der Waals surface area contributed by atoms with Crippen LogP contribution in [0.2, 0.25) is 5.02 Å². The average molecular weight is 422 g/mol. The van der Waals surface area contributed by atoms with Gasteiger partial charge in [0.2, 0.25) is 0 Å². The second-order valence-electron chi connectivity index (χ2n) is 5.69. The number of ether oxygens (including phenoxy) is 1. The molecule has 0 aliphatic heterocycles. The zero-order chi connectivity index (χ0) is 17.8. The van der Waals surface area contributed by atoms with E-state index in [1.54, 1.807) is 25.1 Å². The molecular formula is C19H18BrClN2O2. The minimum Gasteiger partial charge on any atom is -0.480 e.